The van der Waals surface area contributed by atoms with Crippen molar-refractivity contribution in [3.05, 3.63) is 27.4 Å². The van der Waals surface area contributed by atoms with Crippen molar-refractivity contribution in [2.45, 2.75) is 11.8 Å². The Morgan fingerprint density at radius 3 is 2.83 bits per heavy atom. The Hall–Kier alpha value is 0.270. The average Bonchev–Trinajstić information content (AvgIpc) is 2.06. The lowest BCUT2D eigenvalue weighted by molar-refractivity contribution is 0.595. The van der Waals surface area contributed by atoms with Gasteiger partial charge in [-0.3, -0.25) is 0 Å². The molecule has 0 atom stereocenters. The van der Waals surface area contributed by atoms with Crippen LogP contribution in [0.1, 0.15) is 6.92 Å². The summed E-state index contributed by atoms with van der Waals surface area (Å²) in [7, 11) is 0. The van der Waals surface area contributed by atoms with Gasteiger partial charge in [0.05, 0.1) is 14.4 Å². The molecule has 4 heteroatoms. The van der Waals surface area contributed by atoms with Gasteiger partial charge in [0.15, 0.2) is 5.82 Å². The standard InChI is InChI=1S/C8H7BrClFS/c1-2-12-8-6(10)4-3-5(9)7(8)11/h3-4H,2H2,1H3. The fraction of sp³-hybridized carbons (Fsp3) is 0.250. The molecule has 0 spiro atoms. The summed E-state index contributed by atoms with van der Waals surface area (Å²) in [5.41, 5.74) is 0. The van der Waals surface area contributed by atoms with E-state index in [9.17, 15) is 4.39 Å². The van der Waals surface area contributed by atoms with Crippen molar-refractivity contribution in [1.29, 1.82) is 0 Å². The fourth-order valence-corrected chi connectivity index (χ4v) is 2.29. The van der Waals surface area contributed by atoms with E-state index in [4.69, 9.17) is 11.6 Å². The van der Waals surface area contributed by atoms with E-state index in [1.807, 2.05) is 6.92 Å². The van der Waals surface area contributed by atoms with Gasteiger partial charge in [0.25, 0.3) is 0 Å². The van der Waals surface area contributed by atoms with Crippen LogP contribution in [-0.4, -0.2) is 5.75 Å². The molecule has 0 nitrogen and oxygen atoms in total. The van der Waals surface area contributed by atoms with Gasteiger partial charge in [0, 0.05) is 0 Å². The Morgan fingerprint density at radius 1 is 1.58 bits per heavy atom. The lowest BCUT2D eigenvalue weighted by Crippen LogP contribution is -1.84. The van der Waals surface area contributed by atoms with Crippen molar-refractivity contribution in [3.8, 4) is 0 Å². The van der Waals surface area contributed by atoms with Crippen LogP contribution in [0.2, 0.25) is 5.02 Å². The Bertz CT molecular complexity index is 291. The Morgan fingerprint density at radius 2 is 2.25 bits per heavy atom. The normalized spacial score (nSPS) is 10.3. The minimum absolute atomic E-state index is 0.269. The molecule has 66 valence electrons. The maximum Gasteiger partial charge on any atom is 0.152 e. The van der Waals surface area contributed by atoms with Crippen molar-refractivity contribution in [2.75, 3.05) is 5.75 Å². The van der Waals surface area contributed by atoms with Crippen LogP contribution in [0.15, 0.2) is 21.5 Å². The van der Waals surface area contributed by atoms with Gasteiger partial charge in [-0.15, -0.1) is 11.8 Å². The van der Waals surface area contributed by atoms with Crippen LogP contribution in [0.3, 0.4) is 0 Å². The molecule has 0 aromatic heterocycles. The summed E-state index contributed by atoms with van der Waals surface area (Å²) in [5, 5.41) is 0.475. The Labute approximate surface area is 88.6 Å². The molecular formula is C8H7BrClFS. The summed E-state index contributed by atoms with van der Waals surface area (Å²) >= 11 is 10.3. The molecule has 0 aliphatic rings. The first kappa shape index (κ1) is 10.4. The molecule has 12 heavy (non-hydrogen) atoms. The van der Waals surface area contributed by atoms with Crippen LogP contribution in [0, 0.1) is 5.82 Å². The fourth-order valence-electron chi connectivity index (χ4n) is 0.785. The van der Waals surface area contributed by atoms with Crippen molar-refractivity contribution in [2.24, 2.45) is 0 Å². The van der Waals surface area contributed by atoms with E-state index in [1.165, 1.54) is 11.8 Å². The maximum atomic E-state index is 13.3. The van der Waals surface area contributed by atoms with Crippen LogP contribution in [0.5, 0.6) is 0 Å². The van der Waals surface area contributed by atoms with Crippen molar-refractivity contribution in [3.63, 3.8) is 0 Å². The number of thioether (sulfide) groups is 1. The topological polar surface area (TPSA) is 0 Å². The van der Waals surface area contributed by atoms with Gasteiger partial charge < -0.3 is 0 Å². The molecule has 0 fully saturated rings. The molecule has 0 aliphatic carbocycles. The number of hydrogen-bond donors (Lipinski definition) is 0. The van der Waals surface area contributed by atoms with Crippen LogP contribution in [0.25, 0.3) is 0 Å². The number of hydrogen-bond acceptors (Lipinski definition) is 1. The second-order valence-corrected chi connectivity index (χ2v) is 4.64. The van der Waals surface area contributed by atoms with Gasteiger partial charge in [-0.2, -0.15) is 0 Å². The SMILES string of the molecule is CCSc1c(Cl)ccc(Br)c1F. The molecule has 0 radical (unpaired) electrons. The summed E-state index contributed by atoms with van der Waals surface area (Å²) < 4.78 is 13.8. The monoisotopic (exact) mass is 268 g/mol. The third-order valence-electron chi connectivity index (χ3n) is 1.29. The average molecular weight is 270 g/mol. The number of halogens is 3. The second-order valence-electron chi connectivity index (χ2n) is 2.11. The Balaban J connectivity index is 3.14. The third-order valence-corrected chi connectivity index (χ3v) is 3.31. The van der Waals surface area contributed by atoms with E-state index >= 15 is 0 Å². The molecular weight excluding hydrogens is 263 g/mol. The highest BCUT2D eigenvalue weighted by Crippen LogP contribution is 2.33. The third kappa shape index (κ3) is 2.15. The van der Waals surface area contributed by atoms with Crippen molar-refractivity contribution in [1.82, 2.24) is 0 Å². The van der Waals surface area contributed by atoms with E-state index in [-0.39, 0.29) is 5.82 Å². The lowest BCUT2D eigenvalue weighted by Gasteiger charge is -2.04. The Kier molecular flexibility index (Phi) is 3.87. The molecule has 1 aromatic carbocycles. The van der Waals surface area contributed by atoms with E-state index in [0.29, 0.717) is 14.4 Å². The quantitative estimate of drug-likeness (QED) is 0.568. The van der Waals surface area contributed by atoms with Gasteiger partial charge in [0.2, 0.25) is 0 Å². The van der Waals surface area contributed by atoms with Gasteiger partial charge in [-0.1, -0.05) is 18.5 Å². The second kappa shape index (κ2) is 4.49. The molecule has 0 amide bonds. The predicted octanol–water partition coefficient (Wildman–Crippen LogP) is 4.35. The first-order chi connectivity index (χ1) is 5.66. The van der Waals surface area contributed by atoms with Crippen LogP contribution >= 0.6 is 39.3 Å². The first-order valence-corrected chi connectivity index (χ1v) is 5.58. The molecule has 0 aliphatic heterocycles. The molecule has 1 rings (SSSR count). The van der Waals surface area contributed by atoms with Gasteiger partial charge in [-0.25, -0.2) is 4.39 Å². The van der Waals surface area contributed by atoms with E-state index in [0.717, 1.165) is 5.75 Å². The molecule has 1 aromatic rings. The smallest absolute Gasteiger partial charge is 0.152 e. The minimum atomic E-state index is -0.269. The molecule has 0 unspecified atom stereocenters. The highest BCUT2D eigenvalue weighted by atomic mass is 79.9. The predicted molar refractivity (Wildman–Crippen MR) is 55.5 cm³/mol. The zero-order valence-electron chi connectivity index (χ0n) is 6.40. The lowest BCUT2D eigenvalue weighted by atomic mass is 10.3. The van der Waals surface area contributed by atoms with Gasteiger partial charge in [-0.05, 0) is 33.8 Å². The number of rotatable bonds is 2. The first-order valence-electron chi connectivity index (χ1n) is 3.43. The largest absolute Gasteiger partial charge is 0.204 e. The van der Waals surface area contributed by atoms with Crippen molar-refractivity contribution >= 4 is 39.3 Å². The van der Waals surface area contributed by atoms with E-state index < -0.39 is 0 Å². The summed E-state index contributed by atoms with van der Waals surface area (Å²) in [6, 6.07) is 3.30. The highest BCUT2D eigenvalue weighted by molar-refractivity contribution is 9.10. The summed E-state index contributed by atoms with van der Waals surface area (Å²) in [6.45, 7) is 1.96. The maximum absolute atomic E-state index is 13.3. The minimum Gasteiger partial charge on any atom is -0.204 e. The molecule has 0 N–H and O–H groups in total. The zero-order chi connectivity index (χ0) is 9.14. The van der Waals surface area contributed by atoms with Gasteiger partial charge >= 0.3 is 0 Å². The molecule has 0 bridgehead atoms. The van der Waals surface area contributed by atoms with Crippen LogP contribution < -0.4 is 0 Å². The summed E-state index contributed by atoms with van der Waals surface area (Å²) in [5.74, 6) is 0.543. The van der Waals surface area contributed by atoms with Crippen LogP contribution in [-0.2, 0) is 0 Å². The van der Waals surface area contributed by atoms with Gasteiger partial charge in [0.1, 0.15) is 0 Å². The molecule has 0 saturated carbocycles. The summed E-state index contributed by atoms with van der Waals surface area (Å²) in [4.78, 5) is 0.522. The highest BCUT2D eigenvalue weighted by Gasteiger charge is 2.09. The van der Waals surface area contributed by atoms with E-state index in [2.05, 4.69) is 15.9 Å². The van der Waals surface area contributed by atoms with Crippen LogP contribution in [0.4, 0.5) is 4.39 Å². The van der Waals surface area contributed by atoms with Crippen molar-refractivity contribution < 1.29 is 4.39 Å². The molecule has 0 heterocycles. The number of benzene rings is 1. The summed E-state index contributed by atoms with van der Waals surface area (Å²) in [6.07, 6.45) is 0. The molecule has 0 saturated heterocycles. The van der Waals surface area contributed by atoms with E-state index in [1.54, 1.807) is 12.1 Å². The zero-order valence-corrected chi connectivity index (χ0v) is 9.56.